The maximum atomic E-state index is 4.61. The topological polar surface area (TPSA) is 42.1 Å². The monoisotopic (exact) mass is 475 g/mol. The summed E-state index contributed by atoms with van der Waals surface area (Å²) in [5.74, 6) is 0.860. The summed E-state index contributed by atoms with van der Waals surface area (Å²) in [6.45, 7) is 34.7. The van der Waals surface area contributed by atoms with Gasteiger partial charge in [-0.25, -0.2) is 0 Å². The van der Waals surface area contributed by atoms with Gasteiger partial charge >= 0.3 is 0 Å². The van der Waals surface area contributed by atoms with Gasteiger partial charge in [-0.05, 0) is 62.3 Å². The highest BCUT2D eigenvalue weighted by Gasteiger charge is 2.12. The van der Waals surface area contributed by atoms with Gasteiger partial charge in [-0.2, -0.15) is 0 Å². The Labute approximate surface area is 215 Å². The number of rotatable bonds is 6. The van der Waals surface area contributed by atoms with E-state index in [9.17, 15) is 0 Å². The molecule has 1 fully saturated rings. The Bertz CT molecular complexity index is 513. The first-order valence-electron chi connectivity index (χ1n) is 13.2. The number of hydrogen-bond acceptors (Lipinski definition) is 3. The molecule has 2 rings (SSSR count). The van der Waals surface area contributed by atoms with E-state index in [1.165, 1.54) is 62.4 Å². The molecule has 1 heterocycles. The van der Waals surface area contributed by atoms with Crippen molar-refractivity contribution in [1.29, 1.82) is 0 Å². The molecule has 0 unspecified atom stereocenters. The number of allylic oxidation sites excluding steroid dienone is 1. The molecule has 1 aliphatic carbocycles. The van der Waals surface area contributed by atoms with E-state index in [4.69, 9.17) is 0 Å². The van der Waals surface area contributed by atoms with E-state index < -0.39 is 0 Å². The predicted molar refractivity (Wildman–Crippen MR) is 161 cm³/mol. The maximum Gasteiger partial charge on any atom is 0.0397 e. The van der Waals surface area contributed by atoms with Gasteiger partial charge in [-0.15, -0.1) is 13.2 Å². The summed E-state index contributed by atoms with van der Waals surface area (Å²) in [5, 5.41) is 0. The van der Waals surface area contributed by atoms with E-state index in [0.717, 1.165) is 19.0 Å². The lowest BCUT2D eigenvalue weighted by Crippen LogP contribution is -2.24. The summed E-state index contributed by atoms with van der Waals surface area (Å²) >= 11 is 0. The first-order valence-corrected chi connectivity index (χ1v) is 13.2. The Hall–Kier alpha value is -2.03. The number of pyridine rings is 1. The smallest absolute Gasteiger partial charge is 0.0397 e. The molecule has 0 amide bonds. The summed E-state index contributed by atoms with van der Waals surface area (Å²) in [4.78, 5) is 6.43. The third-order valence-electron chi connectivity index (χ3n) is 4.32. The Balaban J connectivity index is -0.000000187. The lowest BCUT2D eigenvalue weighted by atomic mass is 9.85. The van der Waals surface area contributed by atoms with E-state index in [2.05, 4.69) is 103 Å². The molecular formula is C31H61N3. The molecule has 0 spiro atoms. The molecule has 1 saturated carbocycles. The molecule has 1 aliphatic rings. The van der Waals surface area contributed by atoms with E-state index in [1.807, 2.05) is 26.2 Å². The first kappa shape index (κ1) is 39.2. The van der Waals surface area contributed by atoms with Gasteiger partial charge in [0.05, 0.1) is 0 Å². The molecule has 1 aromatic heterocycles. The van der Waals surface area contributed by atoms with Gasteiger partial charge in [-0.1, -0.05) is 93.4 Å². The van der Waals surface area contributed by atoms with Crippen molar-refractivity contribution in [3.63, 3.8) is 0 Å². The number of aromatic nitrogens is 1. The standard InChI is InChI=1S/C11H18N2.C9H16.C5H12.C2H5N.C2H6.C2H4/c1-3-9-13(10-4-2)11-5-7-12-8-6-11;1-8(2)9-6-4-3-5-7-9;1-5(2,3)4;1-2-3;2*1-2/h5-8H,3-4,9-10H2,1-2H3;9H,1,3-7H2,2H3;1-4H3;2H,1,3H2;1-2H3;1-2H2. The van der Waals surface area contributed by atoms with E-state index in [1.54, 1.807) is 0 Å². The van der Waals surface area contributed by atoms with Crippen LogP contribution in [-0.2, 0) is 0 Å². The van der Waals surface area contributed by atoms with Gasteiger partial charge in [-0.3, -0.25) is 4.98 Å². The highest BCUT2D eigenvalue weighted by atomic mass is 15.1. The fraction of sp³-hybridized carbons (Fsp3) is 0.645. The molecule has 0 aliphatic heterocycles. The van der Waals surface area contributed by atoms with Crippen LogP contribution in [0.3, 0.4) is 0 Å². The Morgan fingerprint density at radius 2 is 1.35 bits per heavy atom. The van der Waals surface area contributed by atoms with Crippen LogP contribution >= 0.6 is 0 Å². The van der Waals surface area contributed by atoms with Crippen LogP contribution in [0.1, 0.15) is 107 Å². The Morgan fingerprint density at radius 1 is 1.00 bits per heavy atom. The Kier molecular flexibility index (Phi) is 33.4. The quantitative estimate of drug-likeness (QED) is 0.416. The fourth-order valence-corrected chi connectivity index (χ4v) is 3.06. The molecule has 34 heavy (non-hydrogen) atoms. The van der Waals surface area contributed by atoms with Gasteiger partial charge in [0.1, 0.15) is 0 Å². The van der Waals surface area contributed by atoms with Crippen LogP contribution in [-0.4, -0.2) is 18.1 Å². The average Bonchev–Trinajstić information content (AvgIpc) is 2.82. The van der Waals surface area contributed by atoms with Crippen LogP contribution in [0.5, 0.6) is 0 Å². The first-order chi connectivity index (χ1) is 16.1. The van der Waals surface area contributed by atoms with E-state index in [0.29, 0.717) is 5.41 Å². The molecule has 2 N–H and O–H groups in total. The van der Waals surface area contributed by atoms with Gasteiger partial charge < -0.3 is 10.6 Å². The zero-order valence-corrected chi connectivity index (χ0v) is 24.6. The molecule has 1 aromatic rings. The maximum absolute atomic E-state index is 4.61. The molecule has 0 radical (unpaired) electrons. The SMILES string of the molecule is C=C.C=C(C)C1CCCCC1.C=CN.CC.CC(C)(C)C.CCCN(CCC)c1ccncc1. The van der Waals surface area contributed by atoms with Crippen LogP contribution in [0.15, 0.2) is 62.6 Å². The van der Waals surface area contributed by atoms with Crippen LogP contribution in [0.4, 0.5) is 5.69 Å². The highest BCUT2D eigenvalue weighted by molar-refractivity contribution is 5.44. The lowest BCUT2D eigenvalue weighted by Gasteiger charge is -2.23. The number of nitrogens with zero attached hydrogens (tertiary/aromatic N) is 2. The van der Waals surface area contributed by atoms with Crippen molar-refractivity contribution in [2.24, 2.45) is 17.1 Å². The van der Waals surface area contributed by atoms with Crippen molar-refractivity contribution < 1.29 is 0 Å². The summed E-state index contributed by atoms with van der Waals surface area (Å²) in [7, 11) is 0. The number of hydrogen-bond donors (Lipinski definition) is 1. The van der Waals surface area contributed by atoms with Gasteiger partial charge in [0.15, 0.2) is 0 Å². The second-order valence-electron chi connectivity index (χ2n) is 9.61. The van der Waals surface area contributed by atoms with Crippen molar-refractivity contribution >= 4 is 5.69 Å². The zero-order chi connectivity index (χ0) is 27.4. The minimum absolute atomic E-state index is 0.500. The minimum Gasteiger partial charge on any atom is -0.405 e. The second kappa shape index (κ2) is 29.0. The van der Waals surface area contributed by atoms with Crippen LogP contribution < -0.4 is 10.6 Å². The third kappa shape index (κ3) is 32.2. The van der Waals surface area contributed by atoms with Gasteiger partial charge in [0.2, 0.25) is 0 Å². The summed E-state index contributed by atoms with van der Waals surface area (Å²) < 4.78 is 0. The van der Waals surface area contributed by atoms with E-state index in [-0.39, 0.29) is 0 Å². The van der Waals surface area contributed by atoms with Crippen molar-refractivity contribution in [2.75, 3.05) is 18.0 Å². The second-order valence-corrected chi connectivity index (χ2v) is 9.61. The molecule has 0 bridgehead atoms. The molecule has 3 nitrogen and oxygen atoms in total. The summed E-state index contributed by atoms with van der Waals surface area (Å²) in [5.41, 5.74) is 7.80. The van der Waals surface area contributed by atoms with Crippen LogP contribution in [0.2, 0.25) is 0 Å². The van der Waals surface area contributed by atoms with Crippen molar-refractivity contribution in [3.8, 4) is 0 Å². The average molecular weight is 476 g/mol. The van der Waals surface area contributed by atoms with E-state index >= 15 is 0 Å². The zero-order valence-electron chi connectivity index (χ0n) is 24.6. The molecule has 0 saturated heterocycles. The summed E-state index contributed by atoms with van der Waals surface area (Å²) in [6.07, 6.45) is 14.5. The summed E-state index contributed by atoms with van der Waals surface area (Å²) in [6, 6.07) is 4.15. The van der Waals surface area contributed by atoms with Gasteiger partial charge in [0.25, 0.3) is 0 Å². The normalized spacial score (nSPS) is 12.0. The fourth-order valence-electron chi connectivity index (χ4n) is 3.06. The largest absolute Gasteiger partial charge is 0.405 e. The third-order valence-corrected chi connectivity index (χ3v) is 4.32. The number of anilines is 1. The number of nitrogens with two attached hydrogens (primary N) is 1. The van der Waals surface area contributed by atoms with Crippen molar-refractivity contribution in [1.82, 2.24) is 4.98 Å². The van der Waals surface area contributed by atoms with Crippen molar-refractivity contribution in [3.05, 3.63) is 62.6 Å². The van der Waals surface area contributed by atoms with Crippen LogP contribution in [0, 0.1) is 11.3 Å². The van der Waals surface area contributed by atoms with Crippen molar-refractivity contribution in [2.45, 2.75) is 107 Å². The Morgan fingerprint density at radius 3 is 1.62 bits per heavy atom. The molecule has 0 atom stereocenters. The lowest BCUT2D eigenvalue weighted by molar-refractivity contribution is 0.404. The minimum atomic E-state index is 0.500. The molecule has 3 heteroatoms. The van der Waals surface area contributed by atoms with Gasteiger partial charge in [0, 0.05) is 31.2 Å². The molecule has 0 aromatic carbocycles. The highest BCUT2D eigenvalue weighted by Crippen LogP contribution is 2.28. The molecule has 200 valence electrons. The molecular weight excluding hydrogens is 414 g/mol. The van der Waals surface area contributed by atoms with Crippen LogP contribution in [0.25, 0.3) is 0 Å². The predicted octanol–water partition coefficient (Wildman–Crippen LogP) is 9.82.